The van der Waals surface area contributed by atoms with Crippen LogP contribution >= 0.6 is 23.2 Å². The molecule has 0 fully saturated rings. The molecule has 0 radical (unpaired) electrons. The lowest BCUT2D eigenvalue weighted by Crippen LogP contribution is -2.43. The molecule has 2 rings (SSSR count). The number of nitrogens with zero attached hydrogens (tertiary/aromatic N) is 2. The van der Waals surface area contributed by atoms with Gasteiger partial charge in [0.05, 0.1) is 0 Å². The fourth-order valence-corrected chi connectivity index (χ4v) is 2.32. The zero-order chi connectivity index (χ0) is 17.5. The van der Waals surface area contributed by atoms with Crippen molar-refractivity contribution < 1.29 is 9.59 Å². The Kier molecular flexibility index (Phi) is 6.52. The topological polar surface area (TPSA) is 84.0 Å². The number of halogens is 2. The maximum Gasteiger partial charge on any atom is 0.251 e. The van der Waals surface area contributed by atoms with Crippen LogP contribution in [0.3, 0.4) is 0 Å². The van der Waals surface area contributed by atoms with Gasteiger partial charge in [-0.3, -0.25) is 9.59 Å². The molecule has 0 aliphatic carbocycles. The van der Waals surface area contributed by atoms with Gasteiger partial charge in [0.1, 0.15) is 10.3 Å². The number of nitrogens with one attached hydrogen (secondary N) is 2. The zero-order valence-corrected chi connectivity index (χ0v) is 14.4. The lowest BCUT2D eigenvalue weighted by molar-refractivity contribution is 0.0907. The molecule has 0 spiro atoms. The van der Waals surface area contributed by atoms with Crippen molar-refractivity contribution >= 4 is 35.0 Å². The summed E-state index contributed by atoms with van der Waals surface area (Å²) in [7, 11) is 0. The molecule has 2 amide bonds. The van der Waals surface area contributed by atoms with Gasteiger partial charge < -0.3 is 10.6 Å². The van der Waals surface area contributed by atoms with Crippen LogP contribution in [0, 0.1) is 0 Å². The first-order valence-electron chi connectivity index (χ1n) is 7.31. The number of rotatable bonds is 6. The van der Waals surface area contributed by atoms with Crippen molar-refractivity contribution in [3.8, 4) is 0 Å². The smallest absolute Gasteiger partial charge is 0.251 e. The molecular formula is C16H16Cl2N4O2. The second kappa shape index (κ2) is 8.61. The third-order valence-corrected chi connectivity index (χ3v) is 3.73. The number of aromatic nitrogens is 2. The molecule has 0 aromatic carbocycles. The van der Waals surface area contributed by atoms with E-state index in [0.717, 1.165) is 0 Å². The van der Waals surface area contributed by atoms with Crippen molar-refractivity contribution in [3.05, 3.63) is 58.1 Å². The normalized spacial score (nSPS) is 11.6. The third kappa shape index (κ3) is 5.18. The summed E-state index contributed by atoms with van der Waals surface area (Å²) in [6.07, 6.45) is 3.58. The van der Waals surface area contributed by atoms with E-state index in [2.05, 4.69) is 20.6 Å². The number of hydrogen-bond donors (Lipinski definition) is 2. The van der Waals surface area contributed by atoms with Gasteiger partial charge in [0.15, 0.2) is 0 Å². The number of hydrogen-bond acceptors (Lipinski definition) is 4. The van der Waals surface area contributed by atoms with Gasteiger partial charge in [-0.05, 0) is 30.7 Å². The molecule has 2 N–H and O–H groups in total. The van der Waals surface area contributed by atoms with Crippen LogP contribution in [-0.4, -0.2) is 34.4 Å². The maximum absolute atomic E-state index is 12.2. The molecule has 0 saturated carbocycles. The predicted octanol–water partition coefficient (Wildman–Crippen LogP) is 2.72. The van der Waals surface area contributed by atoms with Crippen molar-refractivity contribution in [3.63, 3.8) is 0 Å². The fraction of sp³-hybridized carbons (Fsp3) is 0.250. The van der Waals surface area contributed by atoms with Crippen molar-refractivity contribution in [1.82, 2.24) is 20.6 Å². The Balaban J connectivity index is 1.92. The Morgan fingerprint density at radius 2 is 1.58 bits per heavy atom. The number of pyridine rings is 2. The minimum atomic E-state index is -0.279. The first-order valence-corrected chi connectivity index (χ1v) is 8.07. The van der Waals surface area contributed by atoms with Crippen LogP contribution in [0.25, 0.3) is 0 Å². The summed E-state index contributed by atoms with van der Waals surface area (Å²) in [6.45, 7) is 2.21. The van der Waals surface area contributed by atoms with E-state index in [4.69, 9.17) is 23.2 Å². The summed E-state index contributed by atoms with van der Waals surface area (Å²) in [5.74, 6) is -0.550. The van der Waals surface area contributed by atoms with Crippen LogP contribution in [-0.2, 0) is 0 Å². The van der Waals surface area contributed by atoms with E-state index >= 15 is 0 Å². The van der Waals surface area contributed by atoms with Gasteiger partial charge in [-0.2, -0.15) is 0 Å². The lowest BCUT2D eigenvalue weighted by Gasteiger charge is -2.18. The summed E-state index contributed by atoms with van der Waals surface area (Å²) >= 11 is 11.5. The number of amides is 2. The molecule has 0 aliphatic heterocycles. The second-order valence-electron chi connectivity index (χ2n) is 5.02. The average molecular weight is 367 g/mol. The van der Waals surface area contributed by atoms with Gasteiger partial charge in [-0.25, -0.2) is 9.97 Å². The molecule has 24 heavy (non-hydrogen) atoms. The minimum Gasteiger partial charge on any atom is -0.350 e. The van der Waals surface area contributed by atoms with Crippen LogP contribution < -0.4 is 10.6 Å². The van der Waals surface area contributed by atoms with E-state index < -0.39 is 0 Å². The summed E-state index contributed by atoms with van der Waals surface area (Å²) in [5.41, 5.74) is 0.831. The summed E-state index contributed by atoms with van der Waals surface area (Å²) in [5, 5.41) is 6.11. The van der Waals surface area contributed by atoms with E-state index in [0.29, 0.717) is 24.1 Å². The SMILES string of the molecule is CCC(CNC(=O)c1ccnc(Cl)c1)NC(=O)c1ccnc(Cl)c1. The average Bonchev–Trinajstić information content (AvgIpc) is 2.58. The van der Waals surface area contributed by atoms with Crippen molar-refractivity contribution in [1.29, 1.82) is 0 Å². The molecule has 2 aromatic rings. The molecule has 0 aliphatic rings. The quantitative estimate of drug-likeness (QED) is 0.769. The second-order valence-corrected chi connectivity index (χ2v) is 5.80. The Labute approximate surface area is 149 Å². The largest absolute Gasteiger partial charge is 0.350 e. The van der Waals surface area contributed by atoms with Gasteiger partial charge in [0.2, 0.25) is 0 Å². The molecule has 126 valence electrons. The van der Waals surface area contributed by atoms with Gasteiger partial charge in [-0.15, -0.1) is 0 Å². The summed E-state index contributed by atoms with van der Waals surface area (Å²) < 4.78 is 0. The van der Waals surface area contributed by atoms with E-state index in [1.54, 1.807) is 12.1 Å². The highest BCUT2D eigenvalue weighted by Gasteiger charge is 2.14. The highest BCUT2D eigenvalue weighted by molar-refractivity contribution is 6.30. The fourth-order valence-electron chi connectivity index (χ4n) is 1.97. The van der Waals surface area contributed by atoms with Gasteiger partial charge >= 0.3 is 0 Å². The van der Waals surface area contributed by atoms with Crippen LogP contribution in [0.5, 0.6) is 0 Å². The van der Waals surface area contributed by atoms with Crippen LogP contribution in [0.15, 0.2) is 36.7 Å². The Morgan fingerprint density at radius 1 is 1.04 bits per heavy atom. The monoisotopic (exact) mass is 366 g/mol. The Hall–Kier alpha value is -2.18. The van der Waals surface area contributed by atoms with Crippen molar-refractivity contribution in [2.24, 2.45) is 0 Å². The Bertz CT molecular complexity index is 740. The first-order chi connectivity index (χ1) is 11.5. The molecule has 0 saturated heterocycles. The lowest BCUT2D eigenvalue weighted by atomic mass is 10.2. The van der Waals surface area contributed by atoms with Crippen LogP contribution in [0.4, 0.5) is 0 Å². The van der Waals surface area contributed by atoms with Crippen molar-refractivity contribution in [2.45, 2.75) is 19.4 Å². The highest BCUT2D eigenvalue weighted by Crippen LogP contribution is 2.08. The van der Waals surface area contributed by atoms with Gasteiger partial charge in [0, 0.05) is 36.1 Å². The molecule has 6 nitrogen and oxygen atoms in total. The Morgan fingerprint density at radius 3 is 2.08 bits per heavy atom. The number of carbonyl (C=O) groups excluding carboxylic acids is 2. The third-order valence-electron chi connectivity index (χ3n) is 3.31. The standard InChI is InChI=1S/C16H16Cl2N4O2/c1-2-12(22-16(24)11-4-6-20-14(18)8-11)9-21-15(23)10-3-5-19-13(17)7-10/h3-8,12H,2,9H2,1H3,(H,21,23)(H,22,24). The summed E-state index contributed by atoms with van der Waals surface area (Å²) in [4.78, 5) is 31.9. The first kappa shape index (κ1) is 18.2. The summed E-state index contributed by atoms with van der Waals surface area (Å²) in [6, 6.07) is 5.90. The van der Waals surface area contributed by atoms with Gasteiger partial charge in [0.25, 0.3) is 11.8 Å². The zero-order valence-electron chi connectivity index (χ0n) is 12.9. The molecule has 1 atom stereocenters. The molecule has 1 unspecified atom stereocenters. The van der Waals surface area contributed by atoms with E-state index in [1.807, 2.05) is 6.92 Å². The van der Waals surface area contributed by atoms with Crippen LogP contribution in [0.1, 0.15) is 34.1 Å². The molecular weight excluding hydrogens is 351 g/mol. The maximum atomic E-state index is 12.2. The van der Waals surface area contributed by atoms with Crippen molar-refractivity contribution in [2.75, 3.05) is 6.54 Å². The molecule has 2 aromatic heterocycles. The molecule has 8 heteroatoms. The predicted molar refractivity (Wildman–Crippen MR) is 92.4 cm³/mol. The van der Waals surface area contributed by atoms with E-state index in [1.165, 1.54) is 24.5 Å². The van der Waals surface area contributed by atoms with E-state index in [-0.39, 0.29) is 28.2 Å². The number of carbonyl (C=O) groups is 2. The molecule has 2 heterocycles. The highest BCUT2D eigenvalue weighted by atomic mass is 35.5. The van der Waals surface area contributed by atoms with Gasteiger partial charge in [-0.1, -0.05) is 30.1 Å². The van der Waals surface area contributed by atoms with Crippen LogP contribution in [0.2, 0.25) is 10.3 Å². The minimum absolute atomic E-state index is 0.217. The molecule has 0 bridgehead atoms. The van der Waals surface area contributed by atoms with E-state index in [9.17, 15) is 9.59 Å².